The van der Waals surface area contributed by atoms with Crippen molar-refractivity contribution in [3.05, 3.63) is 82.3 Å². The van der Waals surface area contributed by atoms with Crippen molar-refractivity contribution in [3.8, 4) is 0 Å². The molecule has 4 aliphatic rings. The highest BCUT2D eigenvalue weighted by Gasteiger charge is 2.49. The lowest BCUT2D eigenvalue weighted by Gasteiger charge is -2.47. The number of halogens is 4. The van der Waals surface area contributed by atoms with Crippen LogP contribution in [0, 0.1) is 11.8 Å². The maximum atomic E-state index is 13.4. The second-order valence-corrected chi connectivity index (χ2v) is 16.9. The molecule has 2 N–H and O–H groups in total. The van der Waals surface area contributed by atoms with Crippen molar-refractivity contribution in [1.82, 2.24) is 29.9 Å². The summed E-state index contributed by atoms with van der Waals surface area (Å²) < 4.78 is 41.8. The summed E-state index contributed by atoms with van der Waals surface area (Å²) >= 11 is 6.39. The lowest BCUT2D eigenvalue weighted by Crippen LogP contribution is -2.56. The lowest BCUT2D eigenvalue weighted by atomic mass is 9.85. The van der Waals surface area contributed by atoms with E-state index in [-0.39, 0.29) is 30.8 Å². The maximum absolute atomic E-state index is 13.4. The Bertz CT molecular complexity index is 2300. The molecule has 2 saturated heterocycles. The number of fused-ring (bicyclic) bond motifs is 2. The fourth-order valence-electron chi connectivity index (χ4n) is 9.05. The van der Waals surface area contributed by atoms with Gasteiger partial charge in [0.2, 0.25) is 5.91 Å². The molecule has 2 aromatic carbocycles. The van der Waals surface area contributed by atoms with Crippen molar-refractivity contribution in [1.29, 1.82) is 0 Å². The third-order valence-corrected chi connectivity index (χ3v) is 12.7. The number of hydrogen-bond acceptors (Lipinski definition) is 8. The van der Waals surface area contributed by atoms with Crippen molar-refractivity contribution in [2.45, 2.75) is 76.2 Å². The molecule has 5 heterocycles. The number of carbonyl (C=O) groups is 4. The van der Waals surface area contributed by atoms with Gasteiger partial charge in [0.05, 0.1) is 28.0 Å². The fourth-order valence-corrected chi connectivity index (χ4v) is 9.27. The molecule has 3 aliphatic heterocycles. The minimum atomic E-state index is -4.71. The predicted molar refractivity (Wildman–Crippen MR) is 214 cm³/mol. The molecular formula is C42H46ClF3N8O5. The van der Waals surface area contributed by atoms with E-state index in [2.05, 4.69) is 22.2 Å². The molecule has 0 bridgehead atoms. The van der Waals surface area contributed by atoms with Gasteiger partial charge in [-0.15, -0.1) is 0 Å². The number of imide groups is 1. The summed E-state index contributed by atoms with van der Waals surface area (Å²) in [4.78, 5) is 61.1. The lowest BCUT2D eigenvalue weighted by molar-refractivity contribution is -0.141. The summed E-state index contributed by atoms with van der Waals surface area (Å²) in [5, 5.41) is 19.5. The van der Waals surface area contributed by atoms with Crippen LogP contribution in [0.5, 0.6) is 0 Å². The van der Waals surface area contributed by atoms with E-state index in [0.717, 1.165) is 80.5 Å². The van der Waals surface area contributed by atoms with Gasteiger partial charge in [-0.3, -0.25) is 34.2 Å². The second kappa shape index (κ2) is 15.8. The number of likely N-dealkylation sites (tertiary alicyclic amines) is 1. The molecule has 59 heavy (non-hydrogen) atoms. The molecule has 0 spiro atoms. The van der Waals surface area contributed by atoms with Crippen LogP contribution in [0.3, 0.4) is 0 Å². The first kappa shape index (κ1) is 40.7. The number of amides is 5. The number of rotatable bonds is 9. The van der Waals surface area contributed by atoms with Crippen LogP contribution in [0.4, 0.5) is 29.3 Å². The van der Waals surface area contributed by atoms with Crippen molar-refractivity contribution in [3.63, 3.8) is 0 Å². The monoisotopic (exact) mass is 834 g/mol. The third kappa shape index (κ3) is 8.14. The summed E-state index contributed by atoms with van der Waals surface area (Å²) in [5.74, 6) is -0.180. The third-order valence-electron chi connectivity index (χ3n) is 12.4. The van der Waals surface area contributed by atoms with Crippen LogP contribution < -0.4 is 15.1 Å². The average Bonchev–Trinajstić information content (AvgIpc) is 3.63. The summed E-state index contributed by atoms with van der Waals surface area (Å²) in [5.41, 5.74) is -0.879. The predicted octanol–water partition coefficient (Wildman–Crippen LogP) is 6.98. The van der Waals surface area contributed by atoms with Gasteiger partial charge < -0.3 is 14.9 Å². The van der Waals surface area contributed by atoms with E-state index in [1.807, 2.05) is 15.8 Å². The molecule has 312 valence electrons. The molecule has 5 amide bonds. The molecule has 1 saturated carbocycles. The van der Waals surface area contributed by atoms with Gasteiger partial charge in [0.25, 0.3) is 11.8 Å². The van der Waals surface area contributed by atoms with Crippen LogP contribution >= 0.6 is 11.6 Å². The second-order valence-electron chi connectivity index (χ2n) is 16.5. The van der Waals surface area contributed by atoms with Crippen LogP contribution in [0.15, 0.2) is 54.7 Å². The van der Waals surface area contributed by atoms with E-state index in [4.69, 9.17) is 16.7 Å². The number of carbonyl (C=O) groups excluding carboxylic acids is 4. The number of hydrogen-bond donors (Lipinski definition) is 2. The molecule has 1 unspecified atom stereocenters. The number of aliphatic hydroxyl groups is 1. The van der Waals surface area contributed by atoms with E-state index in [9.17, 15) is 37.5 Å². The number of benzene rings is 2. The van der Waals surface area contributed by atoms with Crippen LogP contribution in [0.25, 0.3) is 10.9 Å². The number of alkyl halides is 3. The zero-order valence-corrected chi connectivity index (χ0v) is 33.6. The molecule has 1 aliphatic carbocycles. The molecule has 3 fully saturated rings. The molecule has 2 aromatic heterocycles. The molecule has 8 rings (SSSR count). The van der Waals surface area contributed by atoms with E-state index in [1.54, 1.807) is 30.3 Å². The minimum Gasteiger partial charge on any atom is -0.366 e. The van der Waals surface area contributed by atoms with Crippen molar-refractivity contribution >= 4 is 57.6 Å². The number of anilines is 2. The first-order valence-electron chi connectivity index (χ1n) is 20.1. The van der Waals surface area contributed by atoms with E-state index in [1.165, 1.54) is 17.9 Å². The topological polar surface area (TPSA) is 144 Å². The zero-order chi connectivity index (χ0) is 41.8. The Morgan fingerprint density at radius 2 is 1.71 bits per heavy atom. The summed E-state index contributed by atoms with van der Waals surface area (Å²) in [6, 6.07) is 11.2. The fraction of sp³-hybridized carbons (Fsp3) is 0.476. The Kier molecular flexibility index (Phi) is 10.9. The van der Waals surface area contributed by atoms with Gasteiger partial charge >= 0.3 is 12.2 Å². The Balaban J connectivity index is 0.799. The number of nitrogens with one attached hydrogen (secondary N) is 1. The highest BCUT2D eigenvalue weighted by Crippen LogP contribution is 2.49. The van der Waals surface area contributed by atoms with E-state index >= 15 is 0 Å². The van der Waals surface area contributed by atoms with Crippen molar-refractivity contribution in [2.24, 2.45) is 11.8 Å². The quantitative estimate of drug-likeness (QED) is 0.184. The van der Waals surface area contributed by atoms with E-state index in [0.29, 0.717) is 58.0 Å². The van der Waals surface area contributed by atoms with Crippen LogP contribution in [0.1, 0.15) is 96.4 Å². The van der Waals surface area contributed by atoms with Gasteiger partial charge in [-0.05, 0) is 120 Å². The van der Waals surface area contributed by atoms with Gasteiger partial charge in [-0.1, -0.05) is 17.7 Å². The van der Waals surface area contributed by atoms with E-state index < -0.39 is 35.2 Å². The standard InChI is InChI=1S/C42H46ClF3N8O5/c1-41(59)30-22-33-28(21-34(30)54(41)39(57)32-4-3-5-36(47-32)42(44,45)46)24-53(49-33)29-9-6-26(7-10-29)23-50(2)16-12-25-13-17-51(18-14-25)38(56)27-8-11-31(43)35(20-27)52-19-15-37(55)48-40(52)58/h3-5,8,11,20-22,24-26,29,59H,6-7,9-10,12-19,23H2,1-2H3,(H,48,55,58). The Morgan fingerprint density at radius 3 is 2.42 bits per heavy atom. The molecule has 0 radical (unpaired) electrons. The highest BCUT2D eigenvalue weighted by molar-refractivity contribution is 6.34. The average molecular weight is 835 g/mol. The normalized spacial score (nSPS) is 22.7. The Morgan fingerprint density at radius 1 is 0.966 bits per heavy atom. The van der Waals surface area contributed by atoms with Gasteiger partial charge in [0.15, 0.2) is 5.72 Å². The minimum absolute atomic E-state index is 0.0967. The number of aromatic nitrogens is 3. The number of urea groups is 1. The van der Waals surface area contributed by atoms with Gasteiger partial charge in [-0.2, -0.15) is 18.3 Å². The molecule has 4 aromatic rings. The summed E-state index contributed by atoms with van der Waals surface area (Å²) in [7, 11) is 2.17. The maximum Gasteiger partial charge on any atom is 0.433 e. The zero-order valence-electron chi connectivity index (χ0n) is 32.8. The van der Waals surface area contributed by atoms with Gasteiger partial charge in [-0.25, -0.2) is 9.78 Å². The van der Waals surface area contributed by atoms with Gasteiger partial charge in [0.1, 0.15) is 11.4 Å². The first-order valence-corrected chi connectivity index (χ1v) is 20.5. The molecule has 13 nitrogen and oxygen atoms in total. The first-order chi connectivity index (χ1) is 28.1. The van der Waals surface area contributed by atoms with Crippen molar-refractivity contribution < 1.29 is 37.5 Å². The number of piperidine rings is 1. The Labute approximate surface area is 344 Å². The molecular weight excluding hydrogens is 789 g/mol. The van der Waals surface area contributed by atoms with Gasteiger partial charge in [0, 0.05) is 55.3 Å². The van der Waals surface area contributed by atoms with Crippen LogP contribution in [-0.2, 0) is 16.7 Å². The smallest absolute Gasteiger partial charge is 0.366 e. The van der Waals surface area contributed by atoms with Crippen LogP contribution in [0.2, 0.25) is 5.02 Å². The van der Waals surface area contributed by atoms with Crippen molar-refractivity contribution in [2.75, 3.05) is 49.6 Å². The number of nitrogens with zero attached hydrogens (tertiary/aromatic N) is 7. The number of pyridine rings is 1. The highest BCUT2D eigenvalue weighted by atomic mass is 35.5. The van der Waals surface area contributed by atoms with Crippen LogP contribution in [-0.4, -0.2) is 93.2 Å². The summed E-state index contributed by atoms with van der Waals surface area (Å²) in [6.07, 6.45) is 4.31. The summed E-state index contributed by atoms with van der Waals surface area (Å²) in [6.45, 7) is 4.92. The molecule has 17 heteroatoms. The SMILES string of the molecule is CN(CCC1CCN(C(=O)c2ccc(Cl)c(N3CCC(=O)NC3=O)c2)CC1)CC1CCC(n2cc3cc4c(cc3n2)C(C)(O)N4C(=O)c2cccc(C(F)(F)F)n2)CC1. The molecule has 1 atom stereocenters. The largest absolute Gasteiger partial charge is 0.433 e. The Hall–Kier alpha value is -5.06.